The molecule has 0 radical (unpaired) electrons. The monoisotopic (exact) mass is 217 g/mol. The lowest BCUT2D eigenvalue weighted by Crippen LogP contribution is -1.92. The average Bonchev–Trinajstić information content (AvgIpc) is 2.29. The quantitative estimate of drug-likeness (QED) is 0.784. The molecule has 0 fully saturated rings. The van der Waals surface area contributed by atoms with Crippen molar-refractivity contribution < 1.29 is 9.13 Å². The normalized spacial score (nSPS) is 10.1. The van der Waals surface area contributed by atoms with Crippen LogP contribution in [0, 0.1) is 5.82 Å². The summed E-state index contributed by atoms with van der Waals surface area (Å²) in [6.45, 7) is 0. The van der Waals surface area contributed by atoms with Crippen molar-refractivity contribution in [3.8, 4) is 16.9 Å². The number of methoxy groups -OCH3 is 1. The van der Waals surface area contributed by atoms with Gasteiger partial charge in [0.2, 0.25) is 0 Å². The molecule has 0 saturated heterocycles. The first-order valence-corrected chi connectivity index (χ1v) is 4.91. The summed E-state index contributed by atoms with van der Waals surface area (Å²) in [5.41, 5.74) is 7.13. The summed E-state index contributed by atoms with van der Waals surface area (Å²) in [4.78, 5) is 0. The molecular weight excluding hydrogens is 205 g/mol. The lowest BCUT2D eigenvalue weighted by Gasteiger charge is -2.09. The first kappa shape index (κ1) is 10.5. The van der Waals surface area contributed by atoms with Gasteiger partial charge < -0.3 is 10.5 Å². The summed E-state index contributed by atoms with van der Waals surface area (Å²) < 4.78 is 18.9. The Morgan fingerprint density at radius 3 is 2.50 bits per heavy atom. The zero-order chi connectivity index (χ0) is 11.5. The maximum Gasteiger partial charge on any atom is 0.133 e. The lowest BCUT2D eigenvalue weighted by atomic mass is 10.0. The Morgan fingerprint density at radius 1 is 1.06 bits per heavy atom. The molecule has 2 nitrogen and oxygen atoms in total. The van der Waals surface area contributed by atoms with Crippen LogP contribution in [-0.4, -0.2) is 7.11 Å². The molecule has 0 aliphatic heterocycles. The summed E-state index contributed by atoms with van der Waals surface area (Å²) in [6, 6.07) is 11.9. The van der Waals surface area contributed by atoms with Crippen molar-refractivity contribution in [2.24, 2.45) is 0 Å². The van der Waals surface area contributed by atoms with Gasteiger partial charge in [-0.1, -0.05) is 18.2 Å². The van der Waals surface area contributed by atoms with Gasteiger partial charge >= 0.3 is 0 Å². The Balaban J connectivity index is 2.58. The minimum atomic E-state index is -0.343. The first-order chi connectivity index (χ1) is 7.72. The highest BCUT2D eigenvalue weighted by Crippen LogP contribution is 2.31. The van der Waals surface area contributed by atoms with Crippen molar-refractivity contribution in [3.63, 3.8) is 0 Å². The van der Waals surface area contributed by atoms with Crippen molar-refractivity contribution in [1.82, 2.24) is 0 Å². The zero-order valence-electron chi connectivity index (χ0n) is 8.91. The summed E-state index contributed by atoms with van der Waals surface area (Å²) >= 11 is 0. The van der Waals surface area contributed by atoms with Crippen molar-refractivity contribution in [1.29, 1.82) is 0 Å². The van der Waals surface area contributed by atoms with Gasteiger partial charge in [0.05, 0.1) is 7.11 Å². The Hall–Kier alpha value is -2.03. The third kappa shape index (κ3) is 1.84. The van der Waals surface area contributed by atoms with Gasteiger partial charge in [0, 0.05) is 16.8 Å². The smallest absolute Gasteiger partial charge is 0.133 e. The molecule has 0 spiro atoms. The van der Waals surface area contributed by atoms with Crippen molar-refractivity contribution in [2.75, 3.05) is 12.8 Å². The van der Waals surface area contributed by atoms with E-state index >= 15 is 0 Å². The van der Waals surface area contributed by atoms with Crippen LogP contribution in [0.2, 0.25) is 0 Å². The molecule has 3 heteroatoms. The molecule has 2 aromatic rings. The molecule has 82 valence electrons. The zero-order valence-corrected chi connectivity index (χ0v) is 8.91. The van der Waals surface area contributed by atoms with Gasteiger partial charge in [-0.25, -0.2) is 4.39 Å². The van der Waals surface area contributed by atoms with E-state index in [1.807, 2.05) is 18.2 Å². The summed E-state index contributed by atoms with van der Waals surface area (Å²) in [6.07, 6.45) is 0. The maximum absolute atomic E-state index is 13.7. The molecule has 0 aliphatic carbocycles. The number of hydrogen-bond acceptors (Lipinski definition) is 2. The molecule has 2 rings (SSSR count). The summed E-state index contributed by atoms with van der Waals surface area (Å²) in [5, 5.41) is 0. The number of nitrogen functional groups attached to an aromatic ring is 1. The highest BCUT2D eigenvalue weighted by Gasteiger charge is 2.09. The van der Waals surface area contributed by atoms with E-state index in [2.05, 4.69) is 0 Å². The Morgan fingerprint density at radius 2 is 1.81 bits per heavy atom. The number of halogens is 1. The standard InChI is InChI=1S/C13H12FNO/c1-16-13-5-3-2-4-11(13)10-7-6-9(15)8-12(10)14/h2-8H,15H2,1H3. The van der Waals surface area contributed by atoms with Gasteiger partial charge in [-0.15, -0.1) is 0 Å². The number of hydrogen-bond donors (Lipinski definition) is 1. The molecule has 2 aromatic carbocycles. The number of anilines is 1. The van der Waals surface area contributed by atoms with Gasteiger partial charge in [-0.3, -0.25) is 0 Å². The fourth-order valence-corrected chi connectivity index (χ4v) is 1.62. The van der Waals surface area contributed by atoms with Gasteiger partial charge in [-0.05, 0) is 24.3 Å². The molecule has 16 heavy (non-hydrogen) atoms. The summed E-state index contributed by atoms with van der Waals surface area (Å²) in [7, 11) is 1.56. The van der Waals surface area contributed by atoms with Crippen LogP contribution < -0.4 is 10.5 Å². The second kappa shape index (κ2) is 4.23. The van der Waals surface area contributed by atoms with Crippen LogP contribution in [0.15, 0.2) is 42.5 Å². The topological polar surface area (TPSA) is 35.2 Å². The molecule has 0 unspecified atom stereocenters. The minimum absolute atomic E-state index is 0.343. The number of rotatable bonds is 2. The fraction of sp³-hybridized carbons (Fsp3) is 0.0769. The van der Waals surface area contributed by atoms with E-state index < -0.39 is 0 Å². The molecular formula is C13H12FNO. The molecule has 0 atom stereocenters. The van der Waals surface area contributed by atoms with Gasteiger partial charge in [-0.2, -0.15) is 0 Å². The number of nitrogens with two attached hydrogens (primary N) is 1. The number of benzene rings is 2. The largest absolute Gasteiger partial charge is 0.496 e. The van der Waals surface area contributed by atoms with Crippen molar-refractivity contribution in [2.45, 2.75) is 0 Å². The van der Waals surface area contributed by atoms with E-state index in [1.165, 1.54) is 6.07 Å². The van der Waals surface area contributed by atoms with Crippen LogP contribution in [0.3, 0.4) is 0 Å². The van der Waals surface area contributed by atoms with Crippen LogP contribution >= 0.6 is 0 Å². The van der Waals surface area contributed by atoms with Gasteiger partial charge in [0.25, 0.3) is 0 Å². The van der Waals surface area contributed by atoms with Crippen molar-refractivity contribution in [3.05, 3.63) is 48.3 Å². The van der Waals surface area contributed by atoms with Crippen molar-refractivity contribution >= 4 is 5.69 Å². The van der Waals surface area contributed by atoms with Gasteiger partial charge in [0.1, 0.15) is 11.6 Å². The van der Waals surface area contributed by atoms with E-state index in [0.717, 1.165) is 5.56 Å². The molecule has 0 aromatic heterocycles. The highest BCUT2D eigenvalue weighted by molar-refractivity contribution is 5.72. The Labute approximate surface area is 93.5 Å². The third-order valence-corrected chi connectivity index (χ3v) is 2.39. The van der Waals surface area contributed by atoms with E-state index in [1.54, 1.807) is 25.3 Å². The summed E-state index contributed by atoms with van der Waals surface area (Å²) in [5.74, 6) is 0.302. The molecule has 0 amide bonds. The van der Waals surface area contributed by atoms with Crippen LogP contribution in [0.25, 0.3) is 11.1 Å². The van der Waals surface area contributed by atoms with E-state index in [4.69, 9.17) is 10.5 Å². The van der Waals surface area contributed by atoms with Crippen LogP contribution in [0.4, 0.5) is 10.1 Å². The third-order valence-electron chi connectivity index (χ3n) is 2.39. The predicted octanol–water partition coefficient (Wildman–Crippen LogP) is 3.08. The minimum Gasteiger partial charge on any atom is -0.496 e. The second-order valence-corrected chi connectivity index (χ2v) is 3.44. The Bertz CT molecular complexity index is 511. The molecule has 0 bridgehead atoms. The average molecular weight is 217 g/mol. The van der Waals surface area contributed by atoms with Crippen LogP contribution in [-0.2, 0) is 0 Å². The van der Waals surface area contributed by atoms with E-state index in [0.29, 0.717) is 17.0 Å². The maximum atomic E-state index is 13.7. The lowest BCUT2D eigenvalue weighted by molar-refractivity contribution is 0.416. The second-order valence-electron chi connectivity index (χ2n) is 3.44. The van der Waals surface area contributed by atoms with E-state index in [-0.39, 0.29) is 5.82 Å². The number of para-hydroxylation sites is 1. The number of ether oxygens (including phenoxy) is 1. The fourth-order valence-electron chi connectivity index (χ4n) is 1.62. The molecule has 0 saturated carbocycles. The molecule has 0 heterocycles. The van der Waals surface area contributed by atoms with Crippen LogP contribution in [0.1, 0.15) is 0 Å². The SMILES string of the molecule is COc1ccccc1-c1ccc(N)cc1F. The first-order valence-electron chi connectivity index (χ1n) is 4.91. The molecule has 2 N–H and O–H groups in total. The van der Waals surface area contributed by atoms with Crippen LogP contribution in [0.5, 0.6) is 5.75 Å². The molecule has 0 aliphatic rings. The van der Waals surface area contributed by atoms with Gasteiger partial charge in [0.15, 0.2) is 0 Å². The van der Waals surface area contributed by atoms with E-state index in [9.17, 15) is 4.39 Å². The predicted molar refractivity (Wildman–Crippen MR) is 62.8 cm³/mol. The Kier molecular flexibility index (Phi) is 2.77. The highest BCUT2D eigenvalue weighted by atomic mass is 19.1.